The van der Waals surface area contributed by atoms with Crippen molar-refractivity contribution in [2.75, 3.05) is 16.9 Å². The van der Waals surface area contributed by atoms with Crippen LogP contribution in [-0.4, -0.2) is 40.8 Å². The molecule has 7 rings (SSSR count). The molecule has 0 radical (unpaired) electrons. The van der Waals surface area contributed by atoms with E-state index in [0.29, 0.717) is 11.3 Å². The number of nitro groups is 1. The molecule has 228 valence electrons. The third-order valence-electron chi connectivity index (χ3n) is 10.1. The van der Waals surface area contributed by atoms with Crippen LogP contribution < -0.4 is 14.5 Å². The summed E-state index contributed by atoms with van der Waals surface area (Å²) in [5, 5.41) is 22.0. The minimum absolute atomic E-state index is 0.125. The molecule has 0 unspecified atom stereocenters. The summed E-state index contributed by atoms with van der Waals surface area (Å²) in [5.41, 5.74) is 0.658. The maximum atomic E-state index is 14.4. The van der Waals surface area contributed by atoms with E-state index in [1.165, 1.54) is 42.3 Å². The molecule has 2 aliphatic heterocycles. The molecule has 4 amide bonds. The number of rotatable bonds is 5. The van der Waals surface area contributed by atoms with Gasteiger partial charge in [-0.15, -0.1) is 0 Å². The molecule has 4 aliphatic rings. The highest BCUT2D eigenvalue weighted by atomic mass is 16.6. The molecule has 0 bridgehead atoms. The average Bonchev–Trinajstić information content (AvgIpc) is 3.40. The maximum Gasteiger partial charge on any atom is 0.269 e. The van der Waals surface area contributed by atoms with Crippen LogP contribution in [0.2, 0.25) is 0 Å². The Morgan fingerprint density at radius 1 is 0.889 bits per heavy atom. The summed E-state index contributed by atoms with van der Waals surface area (Å²) in [6, 6.07) is 18.9. The number of carbonyl (C=O) groups is 4. The summed E-state index contributed by atoms with van der Waals surface area (Å²) < 4.78 is 5.26. The molecule has 0 aromatic heterocycles. The topological polar surface area (TPSA) is 147 Å². The number of carbonyl (C=O) groups excluding carboxylic acids is 4. The first-order chi connectivity index (χ1) is 21.6. The number of methoxy groups -OCH3 is 1. The second-order valence-corrected chi connectivity index (χ2v) is 12.2. The van der Waals surface area contributed by atoms with E-state index in [2.05, 4.69) is 0 Å². The van der Waals surface area contributed by atoms with Crippen LogP contribution in [0.15, 0.2) is 84.4 Å². The Morgan fingerprint density at radius 3 is 2.22 bits per heavy atom. The fraction of sp³-hybridized carbons (Fsp3) is 0.294. The first-order valence-electron chi connectivity index (χ1n) is 14.7. The number of phenols is 1. The Morgan fingerprint density at radius 2 is 1.58 bits per heavy atom. The van der Waals surface area contributed by atoms with E-state index in [9.17, 15) is 34.4 Å². The number of amides is 4. The average molecular weight is 608 g/mol. The number of anilines is 2. The zero-order valence-corrected chi connectivity index (χ0v) is 24.5. The normalized spacial score (nSPS) is 28.8. The van der Waals surface area contributed by atoms with Crippen LogP contribution in [0.1, 0.15) is 31.2 Å². The number of fused-ring (bicyclic) bond motifs is 4. The van der Waals surface area contributed by atoms with Gasteiger partial charge in [-0.05, 0) is 67.6 Å². The summed E-state index contributed by atoms with van der Waals surface area (Å²) >= 11 is 0. The first-order valence-corrected chi connectivity index (χ1v) is 14.7. The molecule has 3 aromatic carbocycles. The largest absolute Gasteiger partial charge is 0.504 e. The lowest BCUT2D eigenvalue weighted by molar-refractivity contribution is -0.384. The van der Waals surface area contributed by atoms with Crippen molar-refractivity contribution in [2.45, 2.75) is 25.7 Å². The highest BCUT2D eigenvalue weighted by Crippen LogP contribution is 2.64. The molecular weight excluding hydrogens is 578 g/mol. The molecular formula is C34H29N3O8. The molecule has 2 aliphatic carbocycles. The number of allylic oxidation sites excluding steroid dienone is 2. The van der Waals surface area contributed by atoms with Gasteiger partial charge >= 0.3 is 0 Å². The summed E-state index contributed by atoms with van der Waals surface area (Å²) in [6.07, 6.45) is 2.35. The van der Waals surface area contributed by atoms with Gasteiger partial charge in [0.2, 0.25) is 23.6 Å². The number of aromatic hydroxyl groups is 1. The van der Waals surface area contributed by atoms with Crippen LogP contribution in [0.25, 0.3) is 0 Å². The van der Waals surface area contributed by atoms with Crippen molar-refractivity contribution < 1.29 is 33.9 Å². The lowest BCUT2D eigenvalue weighted by atomic mass is 9.51. The third kappa shape index (κ3) is 3.96. The Bertz CT molecular complexity index is 1820. The number of non-ortho nitro benzene ring substituents is 1. The smallest absolute Gasteiger partial charge is 0.269 e. The summed E-state index contributed by atoms with van der Waals surface area (Å²) in [5.74, 6) is -4.96. The monoisotopic (exact) mass is 607 g/mol. The highest BCUT2D eigenvalue weighted by Gasteiger charge is 2.67. The molecule has 2 heterocycles. The number of ether oxygens (including phenoxy) is 1. The van der Waals surface area contributed by atoms with Crippen molar-refractivity contribution in [3.8, 4) is 11.5 Å². The zero-order valence-electron chi connectivity index (χ0n) is 24.5. The minimum Gasteiger partial charge on any atom is -0.504 e. The van der Waals surface area contributed by atoms with Crippen molar-refractivity contribution in [1.29, 1.82) is 0 Å². The van der Waals surface area contributed by atoms with Gasteiger partial charge in [-0.2, -0.15) is 0 Å². The van der Waals surface area contributed by atoms with Gasteiger partial charge in [-0.1, -0.05) is 35.9 Å². The number of imide groups is 2. The van der Waals surface area contributed by atoms with Crippen LogP contribution in [0, 0.1) is 39.2 Å². The van der Waals surface area contributed by atoms with Gasteiger partial charge in [0, 0.05) is 18.1 Å². The molecule has 1 saturated carbocycles. The summed E-state index contributed by atoms with van der Waals surface area (Å²) in [7, 11) is 1.43. The second kappa shape index (κ2) is 10.1. The Labute approximate surface area is 257 Å². The van der Waals surface area contributed by atoms with Gasteiger partial charge in [-0.25, -0.2) is 4.90 Å². The quantitative estimate of drug-likeness (QED) is 0.189. The van der Waals surface area contributed by atoms with E-state index in [-0.39, 0.29) is 47.5 Å². The van der Waals surface area contributed by atoms with Crippen molar-refractivity contribution in [3.63, 3.8) is 0 Å². The lowest BCUT2D eigenvalue weighted by Gasteiger charge is -2.49. The van der Waals surface area contributed by atoms with Crippen molar-refractivity contribution in [1.82, 2.24) is 0 Å². The molecule has 0 spiro atoms. The van der Waals surface area contributed by atoms with Gasteiger partial charge in [0.05, 0.1) is 46.6 Å². The SMILES string of the molecule is COc1ccc([C@H]2C3=CC[C@@H]4C(=O)N(c5ccc([N+](=O)[O-])cc5)C(=O)[C@@H]4[C@@H]3C[C@H]3C(=O)N(c4ccccc4)C(=O)[C@@]23C)cc1O. The molecule has 11 nitrogen and oxygen atoms in total. The Balaban J connectivity index is 1.35. The highest BCUT2D eigenvalue weighted by molar-refractivity contribution is 6.25. The van der Waals surface area contributed by atoms with Crippen molar-refractivity contribution in [3.05, 3.63) is 100 Å². The number of para-hydroxylation sites is 1. The lowest BCUT2D eigenvalue weighted by Crippen LogP contribution is -2.48. The van der Waals surface area contributed by atoms with E-state index in [4.69, 9.17) is 4.74 Å². The number of nitrogens with zero attached hydrogens (tertiary/aromatic N) is 3. The predicted octanol–water partition coefficient (Wildman–Crippen LogP) is 4.74. The number of hydrogen-bond acceptors (Lipinski definition) is 8. The summed E-state index contributed by atoms with van der Waals surface area (Å²) in [6.45, 7) is 1.78. The molecule has 3 aromatic rings. The molecule has 45 heavy (non-hydrogen) atoms. The molecule has 1 N–H and O–H groups in total. The van der Waals surface area contributed by atoms with E-state index in [1.54, 1.807) is 49.4 Å². The van der Waals surface area contributed by atoms with Crippen molar-refractivity contribution >= 4 is 40.7 Å². The number of benzene rings is 3. The molecule has 3 fully saturated rings. The second-order valence-electron chi connectivity index (χ2n) is 12.2. The fourth-order valence-electron chi connectivity index (χ4n) is 8.08. The van der Waals surface area contributed by atoms with Crippen LogP contribution in [0.5, 0.6) is 11.5 Å². The fourth-order valence-corrected chi connectivity index (χ4v) is 8.08. The Kier molecular flexibility index (Phi) is 6.40. The van der Waals surface area contributed by atoms with Gasteiger partial charge in [0.1, 0.15) is 0 Å². The van der Waals surface area contributed by atoms with Crippen molar-refractivity contribution in [2.24, 2.45) is 29.1 Å². The Hall–Kier alpha value is -5.32. The molecule has 2 saturated heterocycles. The van der Waals surface area contributed by atoms with Crippen LogP contribution in [0.3, 0.4) is 0 Å². The third-order valence-corrected chi connectivity index (χ3v) is 10.1. The van der Waals surface area contributed by atoms with E-state index in [0.717, 1.165) is 10.5 Å². The molecule has 6 atom stereocenters. The van der Waals surface area contributed by atoms with Gasteiger partial charge < -0.3 is 9.84 Å². The van der Waals surface area contributed by atoms with E-state index < -0.39 is 51.7 Å². The van der Waals surface area contributed by atoms with Crippen LogP contribution in [0.4, 0.5) is 17.1 Å². The maximum absolute atomic E-state index is 14.4. The zero-order chi connectivity index (χ0) is 31.8. The van der Waals surface area contributed by atoms with Crippen LogP contribution in [-0.2, 0) is 19.2 Å². The van der Waals surface area contributed by atoms with Gasteiger partial charge in [0.15, 0.2) is 11.5 Å². The van der Waals surface area contributed by atoms with Gasteiger partial charge in [-0.3, -0.25) is 34.2 Å². The number of nitro benzene ring substituents is 1. The number of phenolic OH excluding ortho intramolecular Hbond substituents is 1. The van der Waals surface area contributed by atoms with E-state index >= 15 is 0 Å². The van der Waals surface area contributed by atoms with Crippen LogP contribution >= 0.6 is 0 Å². The molecule has 11 heteroatoms. The van der Waals surface area contributed by atoms with E-state index in [1.807, 2.05) is 6.08 Å². The summed E-state index contributed by atoms with van der Waals surface area (Å²) in [4.78, 5) is 69.4. The van der Waals surface area contributed by atoms with Gasteiger partial charge in [0.25, 0.3) is 5.69 Å². The number of hydrogen-bond donors (Lipinski definition) is 1. The standard InChI is InChI=1S/C34H29N3O8/c1-34-25(31(40)36(33(34)42)19-6-4-3-5-7-19)17-24-22(29(34)18-8-15-27(45-2)26(38)16-18)13-14-23-28(24)32(41)35(30(23)39)20-9-11-21(12-10-20)37(43)44/h3-13,15-16,23-25,28-29,38H,14,17H2,1-2H3/t23-,24+,25-,28-,29-,34+/m0/s1. The first kappa shape index (κ1) is 28.5. The predicted molar refractivity (Wildman–Crippen MR) is 161 cm³/mol. The minimum atomic E-state index is -1.24.